The highest BCUT2D eigenvalue weighted by Gasteiger charge is 2.59. The smallest absolute Gasteiger partial charge is 0.289 e. The van der Waals surface area contributed by atoms with Crippen LogP contribution in [0.15, 0.2) is 18.2 Å². The first kappa shape index (κ1) is 26.9. The average molecular weight is 513 g/mol. The predicted molar refractivity (Wildman–Crippen MR) is 138 cm³/mol. The molecule has 1 aliphatic heterocycles. The Balaban J connectivity index is 1.59. The second kappa shape index (κ2) is 10.3. The lowest BCUT2D eigenvalue weighted by atomic mass is 9.89. The number of methoxy groups -OCH3 is 2. The number of aromatic nitrogens is 2. The van der Waals surface area contributed by atoms with Crippen LogP contribution in [0.3, 0.4) is 0 Å². The highest BCUT2D eigenvalue weighted by Crippen LogP contribution is 2.30. The molecule has 3 N–H and O–H groups in total. The van der Waals surface area contributed by atoms with Gasteiger partial charge >= 0.3 is 0 Å². The van der Waals surface area contributed by atoms with Crippen molar-refractivity contribution >= 4 is 34.4 Å². The maximum absolute atomic E-state index is 13.0. The molecule has 1 aromatic carbocycles. The minimum atomic E-state index is -1.44. The summed E-state index contributed by atoms with van der Waals surface area (Å²) in [4.78, 5) is 47.2. The van der Waals surface area contributed by atoms with Crippen molar-refractivity contribution in [1.82, 2.24) is 25.7 Å². The molecule has 4 rings (SSSR count). The highest BCUT2D eigenvalue weighted by atomic mass is 16.5. The fourth-order valence-electron chi connectivity index (χ4n) is 4.55. The number of ether oxygens (including phenoxy) is 2. The second-order valence-corrected chi connectivity index (χ2v) is 10.5. The number of carbonyl (C=O) groups excluding carboxylic acids is 3. The van der Waals surface area contributed by atoms with Gasteiger partial charge in [0.05, 0.1) is 11.1 Å². The number of carbonyl (C=O) groups is 3. The van der Waals surface area contributed by atoms with E-state index in [-0.39, 0.29) is 17.9 Å². The Labute approximate surface area is 216 Å². The van der Waals surface area contributed by atoms with Gasteiger partial charge in [-0.2, -0.15) is 0 Å². The minimum Gasteiger partial charge on any atom is -0.377 e. The van der Waals surface area contributed by atoms with Crippen LogP contribution in [0.4, 0.5) is 5.82 Å². The van der Waals surface area contributed by atoms with Crippen LogP contribution in [0, 0.1) is 6.92 Å². The van der Waals surface area contributed by atoms with Crippen LogP contribution >= 0.6 is 0 Å². The van der Waals surface area contributed by atoms with E-state index in [9.17, 15) is 14.4 Å². The maximum Gasteiger partial charge on any atom is 0.289 e. The molecular formula is C26H36N6O5. The van der Waals surface area contributed by atoms with Crippen LogP contribution in [-0.4, -0.2) is 76.7 Å². The molecule has 0 bridgehead atoms. The number of fused-ring (bicyclic) bond motifs is 1. The number of nitrogens with one attached hydrogen (secondary N) is 3. The van der Waals surface area contributed by atoms with E-state index in [0.717, 1.165) is 41.6 Å². The van der Waals surface area contributed by atoms with Crippen LogP contribution in [0.1, 0.15) is 62.6 Å². The summed E-state index contributed by atoms with van der Waals surface area (Å²) in [6.07, 6.45) is 3.51. The molecule has 2 heterocycles. The number of amides is 3. The summed E-state index contributed by atoms with van der Waals surface area (Å²) in [5.41, 5.74) is 2.82. The van der Waals surface area contributed by atoms with Crippen molar-refractivity contribution in [2.24, 2.45) is 0 Å². The van der Waals surface area contributed by atoms with Crippen LogP contribution in [0.25, 0.3) is 10.9 Å². The Hall–Kier alpha value is -3.15. The van der Waals surface area contributed by atoms with Crippen molar-refractivity contribution < 1.29 is 23.9 Å². The largest absolute Gasteiger partial charge is 0.377 e. The monoisotopic (exact) mass is 512 g/mol. The lowest BCUT2D eigenvalue weighted by Crippen LogP contribution is -2.76. The molecule has 1 saturated heterocycles. The lowest BCUT2D eigenvalue weighted by molar-refractivity contribution is -0.196. The first-order chi connectivity index (χ1) is 17.5. The Bertz CT molecular complexity index is 1200. The van der Waals surface area contributed by atoms with E-state index >= 15 is 0 Å². The van der Waals surface area contributed by atoms with E-state index in [1.54, 1.807) is 7.11 Å². The molecule has 2 aliphatic rings. The Morgan fingerprint density at radius 3 is 2.46 bits per heavy atom. The molecule has 11 nitrogen and oxygen atoms in total. The summed E-state index contributed by atoms with van der Waals surface area (Å²) in [5, 5.41) is 8.19. The molecule has 1 aliphatic carbocycles. The van der Waals surface area contributed by atoms with Crippen molar-refractivity contribution in [3.63, 3.8) is 0 Å². The number of hydrazine groups is 1. The number of benzene rings is 1. The molecule has 3 amide bonds. The predicted octanol–water partition coefficient (Wildman–Crippen LogP) is 2.09. The average Bonchev–Trinajstić information content (AvgIpc) is 2.90. The van der Waals surface area contributed by atoms with Gasteiger partial charge in [0.2, 0.25) is 11.4 Å². The van der Waals surface area contributed by atoms with Gasteiger partial charge in [-0.15, -0.1) is 0 Å². The molecule has 2 atom stereocenters. The number of hydrogen-bond donors (Lipinski definition) is 3. The number of nitrogens with zero attached hydrogens (tertiary/aromatic N) is 3. The Kier molecular flexibility index (Phi) is 7.50. The first-order valence-electron chi connectivity index (χ1n) is 12.6. The zero-order valence-electron chi connectivity index (χ0n) is 22.3. The molecule has 0 spiro atoms. The molecule has 0 radical (unpaired) electrons. The molecular weight excluding hydrogens is 476 g/mol. The maximum atomic E-state index is 13.0. The molecule has 2 fully saturated rings. The van der Waals surface area contributed by atoms with Gasteiger partial charge in [-0.05, 0) is 52.7 Å². The van der Waals surface area contributed by atoms with Gasteiger partial charge in [0.1, 0.15) is 5.82 Å². The normalized spacial score (nSPS) is 21.6. The summed E-state index contributed by atoms with van der Waals surface area (Å²) in [6.45, 7) is 7.51. The lowest BCUT2D eigenvalue weighted by Gasteiger charge is -2.45. The molecule has 1 aromatic heterocycles. The van der Waals surface area contributed by atoms with Gasteiger partial charge in [-0.3, -0.25) is 14.4 Å². The molecule has 200 valence electrons. The van der Waals surface area contributed by atoms with E-state index < -0.39 is 28.9 Å². The van der Waals surface area contributed by atoms with E-state index in [2.05, 4.69) is 26.0 Å². The first-order valence-corrected chi connectivity index (χ1v) is 12.6. The fraction of sp³-hybridized carbons (Fsp3) is 0.577. The summed E-state index contributed by atoms with van der Waals surface area (Å²) in [5.74, 6) is -0.637. The minimum absolute atomic E-state index is 0.0510. The Morgan fingerprint density at radius 1 is 1.14 bits per heavy atom. The molecule has 11 heteroatoms. The SMILES string of the molecule is COC(C)(C)CNC(=O)c1nc(N[C@H]2CCCC[C@H]2NN2C(=O)C(C)(OC)C2=O)c2cc(C)ccc2n1. The highest BCUT2D eigenvalue weighted by molar-refractivity contribution is 6.24. The molecule has 0 unspecified atom stereocenters. The van der Waals surface area contributed by atoms with Gasteiger partial charge in [-0.25, -0.2) is 20.4 Å². The number of anilines is 1. The third kappa shape index (κ3) is 5.29. The summed E-state index contributed by atoms with van der Waals surface area (Å²) in [7, 11) is 2.94. The van der Waals surface area contributed by atoms with E-state index in [1.807, 2.05) is 39.0 Å². The fourth-order valence-corrected chi connectivity index (χ4v) is 4.55. The number of β-lactam (4-membered cyclic amide) rings is 2. The van der Waals surface area contributed by atoms with E-state index in [4.69, 9.17) is 9.47 Å². The van der Waals surface area contributed by atoms with Crippen LogP contribution in [0.2, 0.25) is 0 Å². The standard InChI is InChI=1S/C26H36N6O5/c1-15-11-12-17-16(13-15)20(30-21(28-17)22(33)27-14-25(2,3)36-5)29-18-9-7-8-10-19(18)31-32-23(34)26(4,37-6)24(32)35/h11-13,18-19,31H,7-10,14H2,1-6H3,(H,27,33)(H,28,29,30)/t18-,19+/m0/s1. The van der Waals surface area contributed by atoms with Crippen LogP contribution in [0.5, 0.6) is 0 Å². The van der Waals surface area contributed by atoms with E-state index in [0.29, 0.717) is 17.9 Å². The van der Waals surface area contributed by atoms with Gasteiger partial charge in [0.15, 0.2) is 0 Å². The number of imide groups is 1. The van der Waals surface area contributed by atoms with Crippen LogP contribution in [-0.2, 0) is 19.1 Å². The zero-order chi connectivity index (χ0) is 27.0. The summed E-state index contributed by atoms with van der Waals surface area (Å²) >= 11 is 0. The van der Waals surface area contributed by atoms with Crippen molar-refractivity contribution in [2.45, 2.75) is 76.7 Å². The van der Waals surface area contributed by atoms with Gasteiger partial charge in [0.25, 0.3) is 17.7 Å². The van der Waals surface area contributed by atoms with Gasteiger partial charge in [0, 0.05) is 38.2 Å². The van der Waals surface area contributed by atoms with Crippen molar-refractivity contribution in [3.8, 4) is 0 Å². The second-order valence-electron chi connectivity index (χ2n) is 10.5. The molecule has 37 heavy (non-hydrogen) atoms. The summed E-state index contributed by atoms with van der Waals surface area (Å²) in [6, 6.07) is 5.45. The van der Waals surface area contributed by atoms with Gasteiger partial charge in [-0.1, -0.05) is 24.5 Å². The van der Waals surface area contributed by atoms with Crippen molar-refractivity contribution in [1.29, 1.82) is 0 Å². The number of hydrogen-bond acceptors (Lipinski definition) is 9. The van der Waals surface area contributed by atoms with E-state index in [1.165, 1.54) is 14.0 Å². The number of rotatable bonds is 9. The number of aryl methyl sites for hydroxylation is 1. The Morgan fingerprint density at radius 2 is 1.81 bits per heavy atom. The van der Waals surface area contributed by atoms with Crippen LogP contribution < -0.4 is 16.1 Å². The third-order valence-corrected chi connectivity index (χ3v) is 7.30. The third-order valence-electron chi connectivity index (χ3n) is 7.30. The molecule has 2 aromatic rings. The zero-order valence-corrected chi connectivity index (χ0v) is 22.3. The quantitative estimate of drug-likeness (QED) is 0.341. The van der Waals surface area contributed by atoms with Crippen molar-refractivity contribution in [2.75, 3.05) is 26.1 Å². The topological polar surface area (TPSA) is 135 Å². The summed E-state index contributed by atoms with van der Waals surface area (Å²) < 4.78 is 10.5. The molecule has 1 saturated carbocycles. The van der Waals surface area contributed by atoms with Gasteiger partial charge < -0.3 is 20.1 Å². The van der Waals surface area contributed by atoms with Crippen molar-refractivity contribution in [3.05, 3.63) is 29.6 Å².